The third kappa shape index (κ3) is 3.10. The Labute approximate surface area is 116 Å². The van der Waals surface area contributed by atoms with Crippen LogP contribution in [0.2, 0.25) is 4.34 Å². The lowest BCUT2D eigenvalue weighted by Crippen LogP contribution is -2.17. The van der Waals surface area contributed by atoms with Crippen molar-refractivity contribution in [2.75, 3.05) is 7.05 Å². The molecule has 18 heavy (non-hydrogen) atoms. The molecular formula is C14H15ClFNS. The van der Waals surface area contributed by atoms with Gasteiger partial charge in [0.2, 0.25) is 0 Å². The van der Waals surface area contributed by atoms with E-state index in [2.05, 4.69) is 11.4 Å². The van der Waals surface area contributed by atoms with E-state index in [0.717, 1.165) is 21.9 Å². The van der Waals surface area contributed by atoms with E-state index in [4.69, 9.17) is 11.6 Å². The fourth-order valence-electron chi connectivity index (χ4n) is 1.86. The fourth-order valence-corrected chi connectivity index (χ4v) is 3.18. The van der Waals surface area contributed by atoms with E-state index >= 15 is 0 Å². The van der Waals surface area contributed by atoms with Crippen LogP contribution in [0.3, 0.4) is 0 Å². The molecule has 0 bridgehead atoms. The summed E-state index contributed by atoms with van der Waals surface area (Å²) in [5.74, 6) is -0.199. The van der Waals surface area contributed by atoms with Crippen LogP contribution in [-0.2, 0) is 6.42 Å². The summed E-state index contributed by atoms with van der Waals surface area (Å²) in [6.07, 6.45) is 0.826. The summed E-state index contributed by atoms with van der Waals surface area (Å²) in [7, 11) is 1.93. The van der Waals surface area contributed by atoms with Gasteiger partial charge in [-0.05, 0) is 49.7 Å². The van der Waals surface area contributed by atoms with E-state index in [-0.39, 0.29) is 11.9 Å². The van der Waals surface area contributed by atoms with Crippen LogP contribution in [0.4, 0.5) is 4.39 Å². The molecule has 4 heteroatoms. The van der Waals surface area contributed by atoms with Gasteiger partial charge in [0.1, 0.15) is 5.82 Å². The Kier molecular flexibility index (Phi) is 4.38. The molecule has 1 atom stereocenters. The van der Waals surface area contributed by atoms with Crippen LogP contribution in [0.25, 0.3) is 0 Å². The van der Waals surface area contributed by atoms with Gasteiger partial charge >= 0.3 is 0 Å². The zero-order chi connectivity index (χ0) is 13.1. The Bertz CT molecular complexity index is 502. The van der Waals surface area contributed by atoms with Crippen molar-refractivity contribution in [2.24, 2.45) is 0 Å². The molecule has 96 valence electrons. The minimum atomic E-state index is -0.199. The Balaban J connectivity index is 2.16. The molecule has 1 N–H and O–H groups in total. The summed E-state index contributed by atoms with van der Waals surface area (Å²) in [4.78, 5) is 1.21. The SMILES string of the molecule is CNC(Cc1ccc(F)cc1)c1cc(C)c(Cl)s1. The third-order valence-corrected chi connectivity index (χ3v) is 4.59. The van der Waals surface area contributed by atoms with E-state index in [1.165, 1.54) is 17.0 Å². The first-order valence-electron chi connectivity index (χ1n) is 5.77. The normalized spacial score (nSPS) is 12.7. The molecule has 0 aliphatic heterocycles. The molecule has 0 aliphatic carbocycles. The standard InChI is InChI=1S/C14H15ClFNS/c1-9-7-13(18-14(9)15)12(17-2)8-10-3-5-11(16)6-4-10/h3-7,12,17H,8H2,1-2H3. The van der Waals surface area contributed by atoms with E-state index in [1.54, 1.807) is 11.3 Å². The first-order chi connectivity index (χ1) is 8.60. The molecular weight excluding hydrogens is 269 g/mol. The van der Waals surface area contributed by atoms with Gasteiger partial charge in [-0.25, -0.2) is 4.39 Å². The number of rotatable bonds is 4. The molecule has 0 fully saturated rings. The van der Waals surface area contributed by atoms with Crippen molar-refractivity contribution >= 4 is 22.9 Å². The Hall–Kier alpha value is -0.900. The molecule has 0 amide bonds. The molecule has 0 saturated carbocycles. The van der Waals surface area contributed by atoms with Gasteiger partial charge in [-0.15, -0.1) is 11.3 Å². The highest BCUT2D eigenvalue weighted by atomic mass is 35.5. The molecule has 2 rings (SSSR count). The molecule has 2 aromatic rings. The van der Waals surface area contributed by atoms with Gasteiger partial charge in [-0.1, -0.05) is 23.7 Å². The van der Waals surface area contributed by atoms with Crippen molar-refractivity contribution in [1.82, 2.24) is 5.32 Å². The average Bonchev–Trinajstić information content (AvgIpc) is 2.69. The van der Waals surface area contributed by atoms with Gasteiger partial charge in [-0.3, -0.25) is 0 Å². The Morgan fingerprint density at radius 1 is 1.33 bits per heavy atom. The zero-order valence-corrected chi connectivity index (χ0v) is 11.9. The molecule has 0 radical (unpaired) electrons. The summed E-state index contributed by atoms with van der Waals surface area (Å²) < 4.78 is 13.7. The highest BCUT2D eigenvalue weighted by molar-refractivity contribution is 7.16. The van der Waals surface area contributed by atoms with Crippen LogP contribution < -0.4 is 5.32 Å². The van der Waals surface area contributed by atoms with Crippen molar-refractivity contribution in [3.63, 3.8) is 0 Å². The van der Waals surface area contributed by atoms with Gasteiger partial charge in [0.25, 0.3) is 0 Å². The van der Waals surface area contributed by atoms with E-state index in [1.807, 2.05) is 26.1 Å². The van der Waals surface area contributed by atoms with Crippen molar-refractivity contribution in [2.45, 2.75) is 19.4 Å². The third-order valence-electron chi connectivity index (χ3n) is 2.92. The Morgan fingerprint density at radius 2 is 2.00 bits per heavy atom. The predicted octanol–water partition coefficient (Wildman–Crippen LogP) is 4.35. The summed E-state index contributed by atoms with van der Waals surface area (Å²) in [5, 5.41) is 3.28. The number of hydrogen-bond donors (Lipinski definition) is 1. The predicted molar refractivity (Wildman–Crippen MR) is 76.0 cm³/mol. The maximum Gasteiger partial charge on any atom is 0.123 e. The van der Waals surface area contributed by atoms with Crippen molar-refractivity contribution in [1.29, 1.82) is 0 Å². The van der Waals surface area contributed by atoms with Crippen LogP contribution in [0.5, 0.6) is 0 Å². The lowest BCUT2D eigenvalue weighted by molar-refractivity contribution is 0.597. The molecule has 0 saturated heterocycles. The van der Waals surface area contributed by atoms with Gasteiger partial charge in [0.15, 0.2) is 0 Å². The smallest absolute Gasteiger partial charge is 0.123 e. The summed E-state index contributed by atoms with van der Waals surface area (Å²) in [6.45, 7) is 2.01. The second-order valence-corrected chi connectivity index (χ2v) is 5.96. The number of thiophene rings is 1. The highest BCUT2D eigenvalue weighted by Crippen LogP contribution is 2.32. The number of hydrogen-bond acceptors (Lipinski definition) is 2. The van der Waals surface area contributed by atoms with Crippen LogP contribution in [0.1, 0.15) is 22.0 Å². The minimum Gasteiger partial charge on any atom is -0.312 e. The fraction of sp³-hybridized carbons (Fsp3) is 0.286. The van der Waals surface area contributed by atoms with Crippen molar-refractivity contribution in [3.8, 4) is 0 Å². The molecule has 1 heterocycles. The van der Waals surface area contributed by atoms with Crippen molar-refractivity contribution < 1.29 is 4.39 Å². The molecule has 0 spiro atoms. The number of aryl methyl sites for hydroxylation is 1. The number of benzene rings is 1. The van der Waals surface area contributed by atoms with Crippen LogP contribution in [0, 0.1) is 12.7 Å². The van der Waals surface area contributed by atoms with Gasteiger partial charge in [0.05, 0.1) is 4.34 Å². The maximum absolute atomic E-state index is 12.9. The van der Waals surface area contributed by atoms with E-state index < -0.39 is 0 Å². The van der Waals surface area contributed by atoms with Crippen LogP contribution in [-0.4, -0.2) is 7.05 Å². The van der Waals surface area contributed by atoms with Crippen molar-refractivity contribution in [3.05, 3.63) is 56.5 Å². The molecule has 1 unspecified atom stereocenters. The second-order valence-electron chi connectivity index (χ2n) is 4.28. The number of halogens is 2. The first-order valence-corrected chi connectivity index (χ1v) is 6.97. The molecule has 1 aromatic carbocycles. The van der Waals surface area contributed by atoms with Gasteiger partial charge < -0.3 is 5.32 Å². The van der Waals surface area contributed by atoms with E-state index in [9.17, 15) is 4.39 Å². The minimum absolute atomic E-state index is 0.199. The average molecular weight is 284 g/mol. The monoisotopic (exact) mass is 283 g/mol. The highest BCUT2D eigenvalue weighted by Gasteiger charge is 2.14. The zero-order valence-electron chi connectivity index (χ0n) is 10.3. The number of likely N-dealkylation sites (N-methyl/N-ethyl adjacent to an activating group) is 1. The quantitative estimate of drug-likeness (QED) is 0.879. The lowest BCUT2D eigenvalue weighted by atomic mass is 10.0. The maximum atomic E-state index is 12.9. The summed E-state index contributed by atoms with van der Waals surface area (Å²) in [5.41, 5.74) is 2.22. The largest absolute Gasteiger partial charge is 0.312 e. The first kappa shape index (κ1) is 13.5. The molecule has 1 aromatic heterocycles. The van der Waals surface area contributed by atoms with Crippen LogP contribution in [0.15, 0.2) is 30.3 Å². The summed E-state index contributed by atoms with van der Waals surface area (Å²) in [6, 6.07) is 8.96. The second kappa shape index (κ2) is 5.83. The molecule has 1 nitrogen and oxygen atoms in total. The summed E-state index contributed by atoms with van der Waals surface area (Å²) >= 11 is 7.69. The topological polar surface area (TPSA) is 12.0 Å². The lowest BCUT2D eigenvalue weighted by Gasteiger charge is -2.14. The molecule has 0 aliphatic rings. The van der Waals surface area contributed by atoms with Gasteiger partial charge in [-0.2, -0.15) is 0 Å². The number of nitrogens with one attached hydrogen (secondary N) is 1. The van der Waals surface area contributed by atoms with E-state index in [0.29, 0.717) is 0 Å². The Morgan fingerprint density at radius 3 is 2.50 bits per heavy atom. The van der Waals surface area contributed by atoms with Crippen LogP contribution >= 0.6 is 22.9 Å². The van der Waals surface area contributed by atoms with Gasteiger partial charge in [0, 0.05) is 10.9 Å².